The summed E-state index contributed by atoms with van der Waals surface area (Å²) in [6.07, 6.45) is 3.73. The van der Waals surface area contributed by atoms with Crippen molar-refractivity contribution in [3.8, 4) is 11.5 Å². The molecule has 1 saturated heterocycles. The predicted molar refractivity (Wildman–Crippen MR) is 84.7 cm³/mol. The first-order valence-corrected chi connectivity index (χ1v) is 7.62. The van der Waals surface area contributed by atoms with Crippen molar-refractivity contribution in [2.45, 2.75) is 25.8 Å². The average molecular weight is 303 g/mol. The highest BCUT2D eigenvalue weighted by atomic mass is 16.5. The first kappa shape index (κ1) is 14.9. The maximum Gasteiger partial charge on any atom is 0.336 e. The van der Waals surface area contributed by atoms with E-state index in [-0.39, 0.29) is 5.63 Å². The van der Waals surface area contributed by atoms with E-state index < -0.39 is 0 Å². The van der Waals surface area contributed by atoms with Crippen molar-refractivity contribution in [1.82, 2.24) is 4.90 Å². The zero-order valence-electron chi connectivity index (χ0n) is 13.1. The highest BCUT2D eigenvalue weighted by Crippen LogP contribution is 2.33. The molecule has 5 heteroatoms. The molecule has 3 rings (SSSR count). The fourth-order valence-electron chi connectivity index (χ4n) is 3.04. The third-order valence-electron chi connectivity index (χ3n) is 4.18. The Bertz CT molecular complexity index is 716. The molecule has 0 atom stereocenters. The molecule has 22 heavy (non-hydrogen) atoms. The highest BCUT2D eigenvalue weighted by molar-refractivity contribution is 5.84. The first-order chi connectivity index (χ1) is 10.7. The summed E-state index contributed by atoms with van der Waals surface area (Å²) in [4.78, 5) is 14.2. The van der Waals surface area contributed by atoms with Gasteiger partial charge in [0, 0.05) is 24.1 Å². The van der Waals surface area contributed by atoms with Crippen molar-refractivity contribution in [1.29, 1.82) is 0 Å². The molecule has 0 amide bonds. The zero-order valence-corrected chi connectivity index (χ0v) is 13.1. The SMILES string of the molecule is COc1cc2oc(=O)cc(CN3CCCCC3)c2cc1OC. The number of methoxy groups -OCH3 is 2. The normalized spacial score (nSPS) is 15.9. The number of ether oxygens (including phenoxy) is 2. The van der Waals surface area contributed by atoms with E-state index in [1.165, 1.54) is 19.3 Å². The lowest BCUT2D eigenvalue weighted by Crippen LogP contribution is -2.29. The first-order valence-electron chi connectivity index (χ1n) is 7.62. The number of rotatable bonds is 4. The van der Waals surface area contributed by atoms with Crippen LogP contribution < -0.4 is 15.1 Å². The van der Waals surface area contributed by atoms with Crippen molar-refractivity contribution in [3.05, 3.63) is 34.2 Å². The van der Waals surface area contributed by atoms with Gasteiger partial charge >= 0.3 is 5.63 Å². The van der Waals surface area contributed by atoms with Crippen LogP contribution in [0.15, 0.2) is 27.4 Å². The second-order valence-corrected chi connectivity index (χ2v) is 5.63. The van der Waals surface area contributed by atoms with Crippen LogP contribution in [-0.2, 0) is 6.54 Å². The smallest absolute Gasteiger partial charge is 0.336 e. The predicted octanol–water partition coefficient (Wildman–Crippen LogP) is 2.80. The molecule has 1 aliphatic rings. The summed E-state index contributed by atoms with van der Waals surface area (Å²) in [5, 5.41) is 0.905. The van der Waals surface area contributed by atoms with Crippen LogP contribution in [0.25, 0.3) is 11.0 Å². The van der Waals surface area contributed by atoms with E-state index in [9.17, 15) is 4.79 Å². The van der Waals surface area contributed by atoms with Crippen molar-refractivity contribution in [2.24, 2.45) is 0 Å². The number of nitrogens with zero attached hydrogens (tertiary/aromatic N) is 1. The minimum Gasteiger partial charge on any atom is -0.493 e. The Hall–Kier alpha value is -2.01. The van der Waals surface area contributed by atoms with Gasteiger partial charge in [0.25, 0.3) is 0 Å². The quantitative estimate of drug-likeness (QED) is 0.813. The van der Waals surface area contributed by atoms with Crippen LogP contribution in [0.3, 0.4) is 0 Å². The van der Waals surface area contributed by atoms with Crippen molar-refractivity contribution >= 4 is 11.0 Å². The molecule has 2 aromatic rings. The summed E-state index contributed by atoms with van der Waals surface area (Å²) in [5.41, 5.74) is 1.19. The van der Waals surface area contributed by atoms with Crippen LogP contribution >= 0.6 is 0 Å². The lowest BCUT2D eigenvalue weighted by Gasteiger charge is -2.26. The van der Waals surface area contributed by atoms with Gasteiger partial charge in [0.2, 0.25) is 0 Å². The molecule has 0 saturated carbocycles. The maximum absolute atomic E-state index is 11.8. The van der Waals surface area contributed by atoms with E-state index >= 15 is 0 Å². The number of benzene rings is 1. The number of piperidine rings is 1. The molecule has 1 aromatic carbocycles. The Kier molecular flexibility index (Phi) is 4.34. The van der Waals surface area contributed by atoms with Crippen LogP contribution in [0, 0.1) is 0 Å². The molecule has 5 nitrogen and oxygen atoms in total. The average Bonchev–Trinajstić information content (AvgIpc) is 2.54. The fourth-order valence-corrected chi connectivity index (χ4v) is 3.04. The molecule has 1 aliphatic heterocycles. The number of hydrogen-bond acceptors (Lipinski definition) is 5. The van der Waals surface area contributed by atoms with Crippen LogP contribution in [-0.4, -0.2) is 32.2 Å². The van der Waals surface area contributed by atoms with Gasteiger partial charge < -0.3 is 13.9 Å². The standard InChI is InChI=1S/C17H21NO4/c1-20-15-9-13-12(11-18-6-4-3-5-7-18)8-17(19)22-14(13)10-16(15)21-2/h8-10H,3-7,11H2,1-2H3. The minimum absolute atomic E-state index is 0.327. The summed E-state index contributed by atoms with van der Waals surface area (Å²) in [6.45, 7) is 2.92. The van der Waals surface area contributed by atoms with Crippen molar-refractivity contribution in [2.75, 3.05) is 27.3 Å². The summed E-state index contributed by atoms with van der Waals surface area (Å²) in [5.74, 6) is 1.21. The van der Waals surface area contributed by atoms with Gasteiger partial charge in [-0.2, -0.15) is 0 Å². The van der Waals surface area contributed by atoms with E-state index in [0.29, 0.717) is 17.1 Å². The van der Waals surface area contributed by atoms with Crippen molar-refractivity contribution < 1.29 is 13.9 Å². The molecular weight excluding hydrogens is 282 g/mol. The van der Waals surface area contributed by atoms with E-state index in [0.717, 1.165) is 30.6 Å². The van der Waals surface area contributed by atoms with E-state index in [1.54, 1.807) is 26.4 Å². The van der Waals surface area contributed by atoms with Gasteiger partial charge in [0.1, 0.15) is 5.58 Å². The maximum atomic E-state index is 11.8. The molecule has 0 unspecified atom stereocenters. The Morgan fingerprint density at radius 2 is 1.73 bits per heavy atom. The summed E-state index contributed by atoms with van der Waals surface area (Å²) >= 11 is 0. The molecule has 118 valence electrons. The van der Waals surface area contributed by atoms with Gasteiger partial charge in [0.05, 0.1) is 14.2 Å². The second kappa shape index (κ2) is 6.40. The van der Waals surface area contributed by atoms with Gasteiger partial charge in [0.15, 0.2) is 11.5 Å². The topological polar surface area (TPSA) is 51.9 Å². The minimum atomic E-state index is -0.327. The Morgan fingerprint density at radius 3 is 2.41 bits per heavy atom. The molecule has 0 N–H and O–H groups in total. The summed E-state index contributed by atoms with van der Waals surface area (Å²) in [7, 11) is 3.17. The largest absolute Gasteiger partial charge is 0.493 e. The van der Waals surface area contributed by atoms with Crippen LogP contribution in [0.5, 0.6) is 11.5 Å². The lowest BCUT2D eigenvalue weighted by atomic mass is 10.1. The molecule has 0 aliphatic carbocycles. The Labute approximate surface area is 129 Å². The molecular formula is C17H21NO4. The molecule has 0 bridgehead atoms. The zero-order chi connectivity index (χ0) is 15.5. The Balaban J connectivity index is 2.05. The Morgan fingerprint density at radius 1 is 1.05 bits per heavy atom. The van der Waals surface area contributed by atoms with Crippen LogP contribution in [0.2, 0.25) is 0 Å². The summed E-state index contributed by atoms with van der Waals surface area (Å²) < 4.78 is 16.0. The molecule has 0 radical (unpaired) electrons. The van der Waals surface area contributed by atoms with E-state index in [4.69, 9.17) is 13.9 Å². The summed E-state index contributed by atoms with van der Waals surface area (Å²) in [6, 6.07) is 5.19. The van der Waals surface area contributed by atoms with Crippen LogP contribution in [0.1, 0.15) is 24.8 Å². The van der Waals surface area contributed by atoms with E-state index in [1.807, 2.05) is 6.07 Å². The van der Waals surface area contributed by atoms with Gasteiger partial charge in [-0.15, -0.1) is 0 Å². The highest BCUT2D eigenvalue weighted by Gasteiger charge is 2.16. The number of fused-ring (bicyclic) bond motifs is 1. The van der Waals surface area contributed by atoms with Gasteiger partial charge in [-0.05, 0) is 37.6 Å². The fraction of sp³-hybridized carbons (Fsp3) is 0.471. The number of hydrogen-bond donors (Lipinski definition) is 0. The van der Waals surface area contributed by atoms with E-state index in [2.05, 4.69) is 4.90 Å². The molecule has 2 heterocycles. The third-order valence-corrected chi connectivity index (χ3v) is 4.18. The van der Waals surface area contributed by atoms with Gasteiger partial charge in [-0.1, -0.05) is 6.42 Å². The molecule has 1 aromatic heterocycles. The number of likely N-dealkylation sites (tertiary alicyclic amines) is 1. The lowest BCUT2D eigenvalue weighted by molar-refractivity contribution is 0.221. The van der Waals surface area contributed by atoms with Crippen LogP contribution in [0.4, 0.5) is 0 Å². The molecule has 1 fully saturated rings. The second-order valence-electron chi connectivity index (χ2n) is 5.63. The molecule has 0 spiro atoms. The third kappa shape index (κ3) is 2.95. The van der Waals surface area contributed by atoms with Gasteiger partial charge in [-0.3, -0.25) is 4.90 Å². The van der Waals surface area contributed by atoms with Gasteiger partial charge in [-0.25, -0.2) is 4.79 Å². The van der Waals surface area contributed by atoms with Crippen molar-refractivity contribution in [3.63, 3.8) is 0 Å². The monoisotopic (exact) mass is 303 g/mol.